The quantitative estimate of drug-likeness (QED) is 0.833. The first-order chi connectivity index (χ1) is 12.5. The molecule has 2 aromatic rings. The molecule has 1 heterocycles. The van der Waals surface area contributed by atoms with E-state index in [9.17, 15) is 19.1 Å². The average Bonchev–Trinajstić information content (AvgIpc) is 2.86. The highest BCUT2D eigenvalue weighted by atomic mass is 19.1. The summed E-state index contributed by atoms with van der Waals surface area (Å²) in [5.74, 6) is -1.60. The minimum atomic E-state index is -0.802. The van der Waals surface area contributed by atoms with Crippen molar-refractivity contribution < 1.29 is 28.6 Å². The van der Waals surface area contributed by atoms with Crippen molar-refractivity contribution in [2.75, 3.05) is 14.2 Å². The first kappa shape index (κ1) is 17.5. The van der Waals surface area contributed by atoms with Gasteiger partial charge in [0.1, 0.15) is 5.82 Å². The van der Waals surface area contributed by atoms with Gasteiger partial charge in [0.25, 0.3) is 11.8 Å². The first-order valence-electron chi connectivity index (χ1n) is 7.72. The van der Waals surface area contributed by atoms with Crippen LogP contribution in [0.25, 0.3) is 5.57 Å². The Morgan fingerprint density at radius 3 is 2.23 bits per heavy atom. The van der Waals surface area contributed by atoms with Gasteiger partial charge in [-0.2, -0.15) is 0 Å². The number of carbonyl (C=O) groups excluding carboxylic acids is 2. The van der Waals surface area contributed by atoms with Crippen LogP contribution in [0.1, 0.15) is 11.1 Å². The van der Waals surface area contributed by atoms with Crippen LogP contribution in [-0.2, 0) is 16.1 Å². The molecule has 134 valence electrons. The highest BCUT2D eigenvalue weighted by Gasteiger charge is 2.39. The zero-order valence-electron chi connectivity index (χ0n) is 14.2. The maximum atomic E-state index is 13.1. The molecule has 1 aliphatic rings. The molecule has 0 radical (unpaired) electrons. The lowest BCUT2D eigenvalue weighted by Crippen LogP contribution is -2.31. The third kappa shape index (κ3) is 2.99. The summed E-state index contributed by atoms with van der Waals surface area (Å²) in [7, 11) is 2.98. The molecule has 0 fully saturated rings. The molecule has 3 rings (SSSR count). The van der Waals surface area contributed by atoms with Crippen LogP contribution in [0.3, 0.4) is 0 Å². The summed E-state index contributed by atoms with van der Waals surface area (Å²) in [6, 6.07) is 9.99. The summed E-state index contributed by atoms with van der Waals surface area (Å²) >= 11 is 0. The molecule has 0 unspecified atom stereocenters. The van der Waals surface area contributed by atoms with E-state index in [1.165, 1.54) is 26.4 Å². The van der Waals surface area contributed by atoms with Gasteiger partial charge >= 0.3 is 0 Å². The van der Waals surface area contributed by atoms with Crippen LogP contribution in [0.15, 0.2) is 48.2 Å². The van der Waals surface area contributed by atoms with Crippen molar-refractivity contribution in [3.8, 4) is 11.5 Å². The summed E-state index contributed by atoms with van der Waals surface area (Å²) in [5, 5.41) is 10.1. The third-order valence-electron chi connectivity index (χ3n) is 4.07. The Morgan fingerprint density at radius 1 is 0.962 bits per heavy atom. The van der Waals surface area contributed by atoms with Crippen LogP contribution in [0.4, 0.5) is 4.39 Å². The van der Waals surface area contributed by atoms with E-state index in [0.717, 1.165) is 17.0 Å². The van der Waals surface area contributed by atoms with E-state index in [0.29, 0.717) is 17.1 Å². The number of hydrogen-bond donors (Lipinski definition) is 1. The highest BCUT2D eigenvalue weighted by Crippen LogP contribution is 2.32. The van der Waals surface area contributed by atoms with Gasteiger partial charge < -0.3 is 14.6 Å². The lowest BCUT2D eigenvalue weighted by molar-refractivity contribution is -0.138. The summed E-state index contributed by atoms with van der Waals surface area (Å²) < 4.78 is 23.4. The molecule has 0 saturated heterocycles. The molecule has 1 aliphatic heterocycles. The Hall–Kier alpha value is -3.35. The Bertz CT molecular complexity index is 905. The number of halogens is 1. The number of imide groups is 1. The highest BCUT2D eigenvalue weighted by molar-refractivity contribution is 6.34. The molecule has 0 aliphatic carbocycles. The van der Waals surface area contributed by atoms with Crippen LogP contribution in [0.2, 0.25) is 0 Å². The number of hydrogen-bond acceptors (Lipinski definition) is 5. The van der Waals surface area contributed by atoms with Crippen LogP contribution in [-0.4, -0.2) is 36.0 Å². The van der Waals surface area contributed by atoms with Gasteiger partial charge in [0, 0.05) is 0 Å². The van der Waals surface area contributed by atoms with Crippen molar-refractivity contribution in [3.05, 3.63) is 65.2 Å². The number of nitrogens with zero attached hydrogens (tertiary/aromatic N) is 1. The van der Waals surface area contributed by atoms with Gasteiger partial charge in [0.2, 0.25) is 0 Å². The second-order valence-corrected chi connectivity index (χ2v) is 5.62. The normalized spacial score (nSPS) is 14.2. The number of methoxy groups -OCH3 is 2. The maximum Gasteiger partial charge on any atom is 0.296 e. The monoisotopic (exact) mass is 357 g/mol. The smallest absolute Gasteiger partial charge is 0.296 e. The summed E-state index contributed by atoms with van der Waals surface area (Å²) in [5.41, 5.74) is 0.755. The second kappa shape index (κ2) is 6.87. The lowest BCUT2D eigenvalue weighted by Gasteiger charge is -2.16. The SMILES string of the molecule is COc1ccc(CN2C(=O)C(O)=C(c3ccc(F)cc3)C2=O)cc1OC. The Balaban J connectivity index is 1.88. The lowest BCUT2D eigenvalue weighted by atomic mass is 10.1. The van der Waals surface area contributed by atoms with Gasteiger partial charge in [-0.25, -0.2) is 4.39 Å². The van der Waals surface area contributed by atoms with Gasteiger partial charge in [0.15, 0.2) is 17.3 Å². The van der Waals surface area contributed by atoms with Gasteiger partial charge in [-0.05, 0) is 35.4 Å². The zero-order chi connectivity index (χ0) is 18.8. The minimum absolute atomic E-state index is 0.0488. The van der Waals surface area contributed by atoms with E-state index < -0.39 is 23.4 Å². The fourth-order valence-corrected chi connectivity index (χ4v) is 2.75. The second-order valence-electron chi connectivity index (χ2n) is 5.62. The van der Waals surface area contributed by atoms with E-state index in [-0.39, 0.29) is 17.7 Å². The molecule has 2 aromatic carbocycles. The van der Waals surface area contributed by atoms with E-state index in [2.05, 4.69) is 0 Å². The third-order valence-corrected chi connectivity index (χ3v) is 4.07. The number of rotatable bonds is 5. The summed E-state index contributed by atoms with van der Waals surface area (Å²) in [4.78, 5) is 25.9. The van der Waals surface area contributed by atoms with E-state index in [1.54, 1.807) is 18.2 Å². The molecule has 0 aromatic heterocycles. The van der Waals surface area contributed by atoms with Crippen molar-refractivity contribution in [1.29, 1.82) is 0 Å². The number of aliphatic hydroxyl groups excluding tert-OH is 1. The molecular formula is C19H16FNO5. The number of aliphatic hydroxyl groups is 1. The molecule has 6 nitrogen and oxygen atoms in total. The number of amides is 2. The molecular weight excluding hydrogens is 341 g/mol. The average molecular weight is 357 g/mol. The predicted octanol–water partition coefficient (Wildman–Crippen LogP) is 2.68. The van der Waals surface area contributed by atoms with Gasteiger partial charge in [-0.15, -0.1) is 0 Å². The molecule has 0 spiro atoms. The first-order valence-corrected chi connectivity index (χ1v) is 7.72. The molecule has 1 N–H and O–H groups in total. The Morgan fingerprint density at radius 2 is 1.62 bits per heavy atom. The predicted molar refractivity (Wildman–Crippen MR) is 91.1 cm³/mol. The van der Waals surface area contributed by atoms with Gasteiger partial charge in [-0.3, -0.25) is 14.5 Å². The fourth-order valence-electron chi connectivity index (χ4n) is 2.75. The molecule has 0 saturated carbocycles. The van der Waals surface area contributed by atoms with Crippen molar-refractivity contribution in [2.24, 2.45) is 0 Å². The molecule has 7 heteroatoms. The standard InChI is InChI=1S/C19H16FNO5/c1-25-14-8-3-11(9-15(14)26-2)10-21-18(23)16(17(22)19(21)24)12-4-6-13(20)7-5-12/h3-9,22H,10H2,1-2H3. The van der Waals surface area contributed by atoms with E-state index in [4.69, 9.17) is 9.47 Å². The summed E-state index contributed by atoms with van der Waals surface area (Å²) in [6.45, 7) is -0.0488. The molecule has 0 atom stereocenters. The maximum absolute atomic E-state index is 13.1. The van der Waals surface area contributed by atoms with Crippen LogP contribution in [0, 0.1) is 5.82 Å². The van der Waals surface area contributed by atoms with Crippen LogP contribution < -0.4 is 9.47 Å². The number of carbonyl (C=O) groups is 2. The van der Waals surface area contributed by atoms with Crippen LogP contribution in [0.5, 0.6) is 11.5 Å². The van der Waals surface area contributed by atoms with Crippen LogP contribution >= 0.6 is 0 Å². The zero-order valence-corrected chi connectivity index (χ0v) is 14.2. The molecule has 0 bridgehead atoms. The van der Waals surface area contributed by atoms with Crippen molar-refractivity contribution in [1.82, 2.24) is 4.90 Å². The van der Waals surface area contributed by atoms with Crippen molar-refractivity contribution in [3.63, 3.8) is 0 Å². The summed E-state index contributed by atoms with van der Waals surface area (Å²) in [6.07, 6.45) is 0. The topological polar surface area (TPSA) is 76.1 Å². The fraction of sp³-hybridized carbons (Fsp3) is 0.158. The van der Waals surface area contributed by atoms with E-state index >= 15 is 0 Å². The minimum Gasteiger partial charge on any atom is -0.502 e. The van der Waals surface area contributed by atoms with Crippen molar-refractivity contribution in [2.45, 2.75) is 6.54 Å². The Labute approximate surface area is 149 Å². The van der Waals surface area contributed by atoms with Gasteiger partial charge in [-0.1, -0.05) is 18.2 Å². The van der Waals surface area contributed by atoms with E-state index in [1.807, 2.05) is 0 Å². The Kier molecular flexibility index (Phi) is 4.62. The number of ether oxygens (including phenoxy) is 2. The molecule has 26 heavy (non-hydrogen) atoms. The number of benzene rings is 2. The van der Waals surface area contributed by atoms with Crippen molar-refractivity contribution >= 4 is 17.4 Å². The largest absolute Gasteiger partial charge is 0.502 e. The molecule has 2 amide bonds. The van der Waals surface area contributed by atoms with Gasteiger partial charge in [0.05, 0.1) is 26.3 Å².